The third kappa shape index (κ3) is 6.96. The summed E-state index contributed by atoms with van der Waals surface area (Å²) in [5.74, 6) is 0.793. The van der Waals surface area contributed by atoms with Gasteiger partial charge in [-0.15, -0.1) is 0 Å². The number of piperazine rings is 1. The zero-order valence-corrected chi connectivity index (χ0v) is 18.7. The second kappa shape index (κ2) is 11.7. The molecule has 1 aliphatic rings. The molecule has 0 atom stereocenters. The van der Waals surface area contributed by atoms with Crippen molar-refractivity contribution < 1.29 is 9.53 Å². The van der Waals surface area contributed by atoms with Gasteiger partial charge in [0.05, 0.1) is 25.6 Å². The second-order valence-electron chi connectivity index (χ2n) is 7.56. The van der Waals surface area contributed by atoms with Crippen molar-refractivity contribution in [2.75, 3.05) is 50.8 Å². The van der Waals surface area contributed by atoms with E-state index in [0.29, 0.717) is 26.1 Å². The first-order valence-corrected chi connectivity index (χ1v) is 11.1. The smallest absolute Gasteiger partial charge is 0.241 e. The van der Waals surface area contributed by atoms with Gasteiger partial charge in [-0.3, -0.25) is 14.6 Å². The molecule has 0 aromatic heterocycles. The normalized spacial score (nSPS) is 14.7. The van der Waals surface area contributed by atoms with E-state index in [2.05, 4.69) is 28.0 Å². The summed E-state index contributed by atoms with van der Waals surface area (Å²) >= 11 is 5.97. The van der Waals surface area contributed by atoms with Gasteiger partial charge in [0, 0.05) is 50.0 Å². The highest BCUT2D eigenvalue weighted by Crippen LogP contribution is 2.21. The largest absolute Gasteiger partial charge is 0.494 e. The molecule has 2 aromatic rings. The van der Waals surface area contributed by atoms with Crippen LogP contribution in [0.2, 0.25) is 5.02 Å². The summed E-state index contributed by atoms with van der Waals surface area (Å²) in [4.78, 5) is 19.3. The van der Waals surface area contributed by atoms with E-state index in [9.17, 15) is 4.79 Å². The first-order chi connectivity index (χ1) is 15.1. The van der Waals surface area contributed by atoms with Crippen molar-refractivity contribution in [3.8, 4) is 11.8 Å². The van der Waals surface area contributed by atoms with Gasteiger partial charge in [0.15, 0.2) is 0 Å². The Morgan fingerprint density at radius 2 is 1.71 bits per heavy atom. The van der Waals surface area contributed by atoms with Crippen molar-refractivity contribution in [3.63, 3.8) is 0 Å². The Kier molecular flexibility index (Phi) is 8.72. The van der Waals surface area contributed by atoms with E-state index in [-0.39, 0.29) is 5.91 Å². The lowest BCUT2D eigenvalue weighted by molar-refractivity contribution is -0.120. The van der Waals surface area contributed by atoms with Crippen LogP contribution in [-0.4, -0.2) is 61.6 Å². The predicted molar refractivity (Wildman–Crippen MR) is 123 cm³/mol. The van der Waals surface area contributed by atoms with Crippen LogP contribution in [0.3, 0.4) is 0 Å². The summed E-state index contributed by atoms with van der Waals surface area (Å²) in [6, 6.07) is 17.6. The first-order valence-electron chi connectivity index (χ1n) is 10.7. The van der Waals surface area contributed by atoms with E-state index < -0.39 is 0 Å². The maximum Gasteiger partial charge on any atom is 0.241 e. The highest BCUT2D eigenvalue weighted by molar-refractivity contribution is 6.30. The lowest BCUT2D eigenvalue weighted by atomic mass is 10.2. The maximum absolute atomic E-state index is 13.1. The lowest BCUT2D eigenvalue weighted by Crippen LogP contribution is -2.50. The third-order valence-electron chi connectivity index (χ3n) is 5.35. The van der Waals surface area contributed by atoms with Crippen LogP contribution in [0.5, 0.6) is 5.75 Å². The summed E-state index contributed by atoms with van der Waals surface area (Å²) in [5.41, 5.74) is 2.04. The number of rotatable bonds is 9. The van der Waals surface area contributed by atoms with Crippen LogP contribution in [0.1, 0.15) is 18.9 Å². The van der Waals surface area contributed by atoms with Gasteiger partial charge in [0.2, 0.25) is 5.91 Å². The second-order valence-corrected chi connectivity index (χ2v) is 8.00. The van der Waals surface area contributed by atoms with E-state index in [4.69, 9.17) is 21.6 Å². The van der Waals surface area contributed by atoms with Gasteiger partial charge >= 0.3 is 0 Å². The first kappa shape index (κ1) is 23.1. The molecule has 164 valence electrons. The standard InChI is InChI=1S/C24H29ClN4O2/c1-2-31-23-10-8-22(9-11-23)29(13-3-12-26)24(30)19-28-16-14-27(15-17-28)18-20-4-6-21(25)7-5-20/h4-11H,2-3,13-19H2,1H3. The number of carbonyl (C=O) groups is 1. The third-order valence-corrected chi connectivity index (χ3v) is 5.60. The van der Waals surface area contributed by atoms with Crippen LogP contribution < -0.4 is 9.64 Å². The average Bonchev–Trinajstić information content (AvgIpc) is 2.78. The van der Waals surface area contributed by atoms with Gasteiger partial charge in [-0.25, -0.2) is 0 Å². The van der Waals surface area contributed by atoms with Gasteiger partial charge in [0.25, 0.3) is 0 Å². The molecule has 0 spiro atoms. The zero-order valence-electron chi connectivity index (χ0n) is 18.0. The number of anilines is 1. The molecule has 6 nitrogen and oxygen atoms in total. The summed E-state index contributed by atoms with van der Waals surface area (Å²) in [5, 5.41) is 9.76. The minimum absolute atomic E-state index is 0.0190. The topological polar surface area (TPSA) is 59.8 Å². The van der Waals surface area contributed by atoms with Crippen molar-refractivity contribution in [1.82, 2.24) is 9.80 Å². The number of benzene rings is 2. The molecule has 31 heavy (non-hydrogen) atoms. The number of nitrogens with zero attached hydrogens (tertiary/aromatic N) is 4. The Morgan fingerprint density at radius 1 is 1.06 bits per heavy atom. The molecule has 1 fully saturated rings. The molecular formula is C24H29ClN4O2. The molecule has 0 radical (unpaired) electrons. The van der Waals surface area contributed by atoms with Crippen LogP contribution in [0, 0.1) is 11.3 Å². The molecule has 2 aromatic carbocycles. The maximum atomic E-state index is 13.1. The summed E-state index contributed by atoms with van der Waals surface area (Å²) in [6.07, 6.45) is 0.299. The molecule has 0 unspecified atom stereocenters. The van der Waals surface area contributed by atoms with Crippen molar-refractivity contribution in [1.29, 1.82) is 5.26 Å². The fraction of sp³-hybridized carbons (Fsp3) is 0.417. The highest BCUT2D eigenvalue weighted by atomic mass is 35.5. The Hall–Kier alpha value is -2.59. The number of hydrogen-bond donors (Lipinski definition) is 0. The Morgan fingerprint density at radius 3 is 2.32 bits per heavy atom. The molecule has 1 aliphatic heterocycles. The van der Waals surface area contributed by atoms with Gasteiger partial charge in [-0.2, -0.15) is 5.26 Å². The van der Waals surface area contributed by atoms with Crippen molar-refractivity contribution in [3.05, 3.63) is 59.1 Å². The minimum atomic E-state index is 0.0190. The van der Waals surface area contributed by atoms with Gasteiger partial charge < -0.3 is 9.64 Å². The van der Waals surface area contributed by atoms with Gasteiger partial charge in [-0.05, 0) is 48.9 Å². The van der Waals surface area contributed by atoms with Crippen molar-refractivity contribution >= 4 is 23.2 Å². The van der Waals surface area contributed by atoms with Crippen LogP contribution in [-0.2, 0) is 11.3 Å². The van der Waals surface area contributed by atoms with Crippen LogP contribution in [0.15, 0.2) is 48.5 Å². The summed E-state index contributed by atoms with van der Waals surface area (Å²) in [6.45, 7) is 7.68. The summed E-state index contributed by atoms with van der Waals surface area (Å²) < 4.78 is 5.49. The van der Waals surface area contributed by atoms with Crippen molar-refractivity contribution in [2.45, 2.75) is 19.9 Å². The fourth-order valence-electron chi connectivity index (χ4n) is 3.68. The van der Waals surface area contributed by atoms with E-state index in [0.717, 1.165) is 49.2 Å². The number of halogens is 1. The van der Waals surface area contributed by atoms with Crippen LogP contribution in [0.4, 0.5) is 5.69 Å². The Bertz CT molecular complexity index is 872. The molecule has 1 saturated heterocycles. The number of hydrogen-bond acceptors (Lipinski definition) is 5. The zero-order chi connectivity index (χ0) is 22.1. The Labute approximate surface area is 189 Å². The van der Waals surface area contributed by atoms with Crippen molar-refractivity contribution in [2.24, 2.45) is 0 Å². The van der Waals surface area contributed by atoms with E-state index >= 15 is 0 Å². The lowest BCUT2D eigenvalue weighted by Gasteiger charge is -2.35. The molecule has 1 heterocycles. The molecular weight excluding hydrogens is 412 g/mol. The van der Waals surface area contributed by atoms with Crippen LogP contribution in [0.25, 0.3) is 0 Å². The Balaban J connectivity index is 1.54. The predicted octanol–water partition coefficient (Wildman–Crippen LogP) is 3.80. The highest BCUT2D eigenvalue weighted by Gasteiger charge is 2.22. The number of nitriles is 1. The van der Waals surface area contributed by atoms with E-state index in [1.165, 1.54) is 5.56 Å². The van der Waals surface area contributed by atoms with Gasteiger partial charge in [0.1, 0.15) is 5.75 Å². The molecule has 3 rings (SSSR count). The molecule has 0 N–H and O–H groups in total. The summed E-state index contributed by atoms with van der Waals surface area (Å²) in [7, 11) is 0. The molecule has 0 aliphatic carbocycles. The SMILES string of the molecule is CCOc1ccc(N(CCC#N)C(=O)CN2CCN(Cc3ccc(Cl)cc3)CC2)cc1. The molecule has 0 bridgehead atoms. The van der Waals surface area contributed by atoms with Gasteiger partial charge in [-0.1, -0.05) is 23.7 Å². The van der Waals surface area contributed by atoms with Crippen LogP contribution >= 0.6 is 11.6 Å². The monoisotopic (exact) mass is 440 g/mol. The van der Waals surface area contributed by atoms with E-state index in [1.807, 2.05) is 43.3 Å². The minimum Gasteiger partial charge on any atom is -0.494 e. The average molecular weight is 441 g/mol. The molecule has 0 saturated carbocycles. The van der Waals surface area contributed by atoms with E-state index in [1.54, 1.807) is 4.90 Å². The molecule has 1 amide bonds. The number of carbonyl (C=O) groups excluding carboxylic acids is 1. The number of ether oxygens (including phenoxy) is 1. The number of amides is 1. The quantitative estimate of drug-likeness (QED) is 0.593. The fourth-order valence-corrected chi connectivity index (χ4v) is 3.80. The molecule has 7 heteroatoms.